The molecule has 0 aliphatic carbocycles. The highest BCUT2D eigenvalue weighted by molar-refractivity contribution is 5.68. The summed E-state index contributed by atoms with van der Waals surface area (Å²) < 4.78 is 9.44. The maximum Gasteiger partial charge on any atom is 0.408 e. The first-order valence-electron chi connectivity index (χ1n) is 5.73. The second-order valence-electron chi connectivity index (χ2n) is 5.35. The Morgan fingerprint density at radius 2 is 1.84 bits per heavy atom. The molecule has 2 amide bonds. The van der Waals surface area contributed by atoms with E-state index in [-0.39, 0.29) is 0 Å². The molecule has 0 aromatic heterocycles. The topological polar surface area (TPSA) is 131 Å². The molecule has 112 valence electrons. The van der Waals surface area contributed by atoms with Crippen LogP contribution >= 0.6 is 0 Å². The van der Waals surface area contributed by atoms with Crippen LogP contribution < -0.4 is 11.1 Å². The zero-order valence-corrected chi connectivity index (χ0v) is 11.6. The number of hydrogen-bond donors (Lipinski definition) is 4. The van der Waals surface area contributed by atoms with Gasteiger partial charge in [0.15, 0.2) is 0 Å². The number of ether oxygens (including phenoxy) is 2. The average molecular weight is 278 g/mol. The van der Waals surface area contributed by atoms with Gasteiger partial charge in [0.2, 0.25) is 0 Å². The molecule has 0 heterocycles. The van der Waals surface area contributed by atoms with Crippen molar-refractivity contribution in [2.45, 2.75) is 44.9 Å². The molecule has 8 nitrogen and oxygen atoms in total. The zero-order valence-electron chi connectivity index (χ0n) is 11.6. The number of alkyl carbamates (subject to hydrolysis) is 1. The third kappa shape index (κ3) is 7.47. The van der Waals surface area contributed by atoms with Crippen molar-refractivity contribution in [2.75, 3.05) is 13.2 Å². The molecule has 0 aliphatic heterocycles. The molecule has 0 saturated heterocycles. The molecule has 0 aliphatic rings. The molecule has 0 unspecified atom stereocenters. The number of hydrogen-bond acceptors (Lipinski definition) is 6. The van der Waals surface area contributed by atoms with E-state index in [1.165, 1.54) is 6.92 Å². The summed E-state index contributed by atoms with van der Waals surface area (Å²) in [5.74, 6) is 0. The highest BCUT2D eigenvalue weighted by atomic mass is 16.6. The number of amides is 2. The molecular formula is C11H22N2O6. The summed E-state index contributed by atoms with van der Waals surface area (Å²) >= 11 is 0. The molecular weight excluding hydrogens is 256 g/mol. The van der Waals surface area contributed by atoms with E-state index in [1.54, 1.807) is 20.8 Å². The lowest BCUT2D eigenvalue weighted by Crippen LogP contribution is -2.56. The van der Waals surface area contributed by atoms with Crippen LogP contribution in [0, 0.1) is 0 Å². The first-order chi connectivity index (χ1) is 8.48. The summed E-state index contributed by atoms with van der Waals surface area (Å²) in [6, 6.07) is -1.07. The maximum absolute atomic E-state index is 11.5. The number of aliphatic hydroxyl groups is 2. The lowest BCUT2D eigenvalue weighted by molar-refractivity contribution is -0.0487. The third-order valence-corrected chi connectivity index (χ3v) is 2.13. The van der Waals surface area contributed by atoms with Crippen LogP contribution in [0.15, 0.2) is 0 Å². The molecule has 8 heteroatoms. The van der Waals surface area contributed by atoms with Crippen LogP contribution in [0.25, 0.3) is 0 Å². The fourth-order valence-corrected chi connectivity index (χ4v) is 1.17. The van der Waals surface area contributed by atoms with Crippen LogP contribution in [-0.2, 0) is 9.47 Å². The van der Waals surface area contributed by atoms with E-state index >= 15 is 0 Å². The Kier molecular flexibility index (Phi) is 6.04. The molecule has 0 aromatic carbocycles. The van der Waals surface area contributed by atoms with Crippen LogP contribution in [0.4, 0.5) is 9.59 Å². The Morgan fingerprint density at radius 3 is 2.21 bits per heavy atom. The fourth-order valence-electron chi connectivity index (χ4n) is 1.17. The first-order valence-corrected chi connectivity index (χ1v) is 5.73. The van der Waals surface area contributed by atoms with Gasteiger partial charge in [0.05, 0.1) is 12.6 Å². The van der Waals surface area contributed by atoms with Gasteiger partial charge in [0.25, 0.3) is 0 Å². The van der Waals surface area contributed by atoms with Crippen molar-refractivity contribution >= 4 is 12.2 Å². The van der Waals surface area contributed by atoms with Crippen LogP contribution in [0.5, 0.6) is 0 Å². The van der Waals surface area contributed by atoms with Gasteiger partial charge in [0, 0.05) is 0 Å². The lowest BCUT2D eigenvalue weighted by atomic mass is 9.98. The van der Waals surface area contributed by atoms with Gasteiger partial charge in [-0.3, -0.25) is 0 Å². The van der Waals surface area contributed by atoms with Gasteiger partial charge in [-0.05, 0) is 27.7 Å². The summed E-state index contributed by atoms with van der Waals surface area (Å²) in [5.41, 5.74) is 2.39. The lowest BCUT2D eigenvalue weighted by Gasteiger charge is -2.32. The summed E-state index contributed by atoms with van der Waals surface area (Å²) in [6.07, 6.45) is -1.86. The van der Waals surface area contributed by atoms with Gasteiger partial charge >= 0.3 is 12.2 Å². The van der Waals surface area contributed by atoms with Gasteiger partial charge in [-0.1, -0.05) is 0 Å². The SMILES string of the molecule is CC(C)(C)OC(=O)N[C@H](CO)[C@@](C)(O)COC(N)=O. The number of carbonyl (C=O) groups is 2. The molecule has 0 bridgehead atoms. The normalized spacial score (nSPS) is 16.1. The van der Waals surface area contributed by atoms with Crippen molar-refractivity contribution in [2.24, 2.45) is 5.73 Å². The van der Waals surface area contributed by atoms with Crippen molar-refractivity contribution in [3.63, 3.8) is 0 Å². The minimum atomic E-state index is -1.68. The van der Waals surface area contributed by atoms with Crippen LogP contribution in [-0.4, -0.2) is 52.9 Å². The van der Waals surface area contributed by atoms with Crippen LogP contribution in [0.1, 0.15) is 27.7 Å². The summed E-state index contributed by atoms with van der Waals surface area (Å²) in [4.78, 5) is 22.0. The molecule has 2 atom stereocenters. The zero-order chi connectivity index (χ0) is 15.3. The van der Waals surface area contributed by atoms with E-state index < -0.39 is 42.6 Å². The van der Waals surface area contributed by atoms with E-state index in [2.05, 4.69) is 10.1 Å². The third-order valence-electron chi connectivity index (χ3n) is 2.13. The fraction of sp³-hybridized carbons (Fsp3) is 0.818. The minimum absolute atomic E-state index is 0.469. The monoisotopic (exact) mass is 278 g/mol. The van der Waals surface area contributed by atoms with E-state index in [0.29, 0.717) is 0 Å². The number of aliphatic hydroxyl groups excluding tert-OH is 1. The number of nitrogens with one attached hydrogen (secondary N) is 1. The quantitative estimate of drug-likeness (QED) is 0.547. The average Bonchev–Trinajstić information content (AvgIpc) is 2.20. The second kappa shape index (κ2) is 6.58. The largest absolute Gasteiger partial charge is 0.447 e. The summed E-state index contributed by atoms with van der Waals surface area (Å²) in [5, 5.41) is 21.5. The Morgan fingerprint density at radius 1 is 1.32 bits per heavy atom. The van der Waals surface area contributed by atoms with Gasteiger partial charge in [-0.15, -0.1) is 0 Å². The van der Waals surface area contributed by atoms with Gasteiger partial charge in [-0.25, -0.2) is 9.59 Å². The van der Waals surface area contributed by atoms with Crippen molar-refractivity contribution in [3.05, 3.63) is 0 Å². The molecule has 0 fully saturated rings. The number of primary amides is 1. The Hall–Kier alpha value is -1.54. The van der Waals surface area contributed by atoms with E-state index in [9.17, 15) is 19.8 Å². The van der Waals surface area contributed by atoms with E-state index in [1.807, 2.05) is 0 Å². The molecule has 5 N–H and O–H groups in total. The van der Waals surface area contributed by atoms with Crippen LogP contribution in [0.3, 0.4) is 0 Å². The first kappa shape index (κ1) is 17.5. The number of nitrogens with two attached hydrogens (primary N) is 1. The predicted molar refractivity (Wildman–Crippen MR) is 66.4 cm³/mol. The maximum atomic E-state index is 11.5. The number of rotatable bonds is 5. The predicted octanol–water partition coefficient (Wildman–Crippen LogP) is -0.282. The van der Waals surface area contributed by atoms with E-state index in [0.717, 1.165) is 0 Å². The summed E-state index contributed by atoms with van der Waals surface area (Å²) in [7, 11) is 0. The second-order valence-corrected chi connectivity index (χ2v) is 5.35. The van der Waals surface area contributed by atoms with Crippen molar-refractivity contribution in [1.29, 1.82) is 0 Å². The molecule has 0 radical (unpaired) electrons. The highest BCUT2D eigenvalue weighted by Gasteiger charge is 2.35. The summed E-state index contributed by atoms with van der Waals surface area (Å²) in [6.45, 7) is 5.28. The van der Waals surface area contributed by atoms with Gasteiger partial charge in [-0.2, -0.15) is 0 Å². The molecule has 0 aromatic rings. The van der Waals surface area contributed by atoms with Crippen molar-refractivity contribution in [1.82, 2.24) is 5.32 Å². The smallest absolute Gasteiger partial charge is 0.408 e. The van der Waals surface area contributed by atoms with Gasteiger partial charge < -0.3 is 30.7 Å². The Balaban J connectivity index is 4.55. The van der Waals surface area contributed by atoms with Crippen molar-refractivity contribution in [3.8, 4) is 0 Å². The van der Waals surface area contributed by atoms with Crippen molar-refractivity contribution < 1.29 is 29.3 Å². The molecule has 0 saturated carbocycles. The molecule has 0 spiro atoms. The Labute approximate surface area is 111 Å². The van der Waals surface area contributed by atoms with E-state index in [4.69, 9.17) is 10.5 Å². The standard InChI is InChI=1S/C11H22N2O6/c1-10(2,3)19-9(16)13-7(5-14)11(4,17)6-18-8(12)15/h7,14,17H,5-6H2,1-4H3,(H2,12,15)(H,13,16)/t7-,11+/m1/s1. The molecule has 0 rings (SSSR count). The number of carbonyl (C=O) groups excluding carboxylic acids is 2. The van der Waals surface area contributed by atoms with Crippen LogP contribution in [0.2, 0.25) is 0 Å². The van der Waals surface area contributed by atoms with Gasteiger partial charge in [0.1, 0.15) is 17.8 Å². The highest BCUT2D eigenvalue weighted by Crippen LogP contribution is 2.12. The Bertz CT molecular complexity index is 324. The molecule has 19 heavy (non-hydrogen) atoms. The minimum Gasteiger partial charge on any atom is -0.447 e.